The second kappa shape index (κ2) is 6.35. The van der Waals surface area contributed by atoms with Crippen LogP contribution in [-0.4, -0.2) is 9.91 Å². The minimum Gasteiger partial charge on any atom is -0.377 e. The second-order valence-electron chi connectivity index (χ2n) is 5.04. The van der Waals surface area contributed by atoms with Crippen LogP contribution in [-0.2, 0) is 0 Å². The molecule has 5 heteroatoms. The molecule has 0 aliphatic heterocycles. The number of non-ortho nitro benzene ring substituents is 1. The lowest BCUT2D eigenvalue weighted by atomic mass is 10.0. The molecule has 0 radical (unpaired) electrons. The summed E-state index contributed by atoms with van der Waals surface area (Å²) in [5.74, 6) is 0. The molecule has 1 aromatic heterocycles. The van der Waals surface area contributed by atoms with Crippen molar-refractivity contribution in [1.29, 1.82) is 0 Å². The Morgan fingerprint density at radius 2 is 2.05 bits per heavy atom. The molecule has 2 aromatic rings. The monoisotopic (exact) mass is 285 g/mol. The van der Waals surface area contributed by atoms with Gasteiger partial charge >= 0.3 is 0 Å². The third-order valence-corrected chi connectivity index (χ3v) is 3.45. The van der Waals surface area contributed by atoms with Gasteiger partial charge in [-0.3, -0.25) is 15.1 Å². The quantitative estimate of drug-likeness (QED) is 0.661. The van der Waals surface area contributed by atoms with E-state index in [-0.39, 0.29) is 16.7 Å². The van der Waals surface area contributed by atoms with Gasteiger partial charge < -0.3 is 5.32 Å². The summed E-state index contributed by atoms with van der Waals surface area (Å²) >= 11 is 0. The zero-order chi connectivity index (χ0) is 15.4. The Morgan fingerprint density at radius 3 is 2.67 bits per heavy atom. The van der Waals surface area contributed by atoms with Gasteiger partial charge in [0.25, 0.3) is 5.69 Å². The number of anilines is 1. The first kappa shape index (κ1) is 15.0. The molecule has 1 unspecified atom stereocenters. The van der Waals surface area contributed by atoms with Crippen LogP contribution in [0.4, 0.5) is 11.4 Å². The summed E-state index contributed by atoms with van der Waals surface area (Å²) < 4.78 is 0. The molecule has 0 saturated carbocycles. The van der Waals surface area contributed by atoms with E-state index in [2.05, 4.69) is 10.3 Å². The Bertz CT molecular complexity index is 656. The first-order valence-electron chi connectivity index (χ1n) is 6.96. The van der Waals surface area contributed by atoms with E-state index in [0.29, 0.717) is 0 Å². The number of nitro benzene ring substituents is 1. The molecule has 1 heterocycles. The summed E-state index contributed by atoms with van der Waals surface area (Å²) in [6, 6.07) is 10.7. The van der Waals surface area contributed by atoms with E-state index in [0.717, 1.165) is 29.1 Å². The molecule has 0 saturated heterocycles. The van der Waals surface area contributed by atoms with Gasteiger partial charge in [-0.25, -0.2) is 0 Å². The van der Waals surface area contributed by atoms with Crippen LogP contribution in [0.3, 0.4) is 0 Å². The lowest BCUT2D eigenvalue weighted by Gasteiger charge is -2.20. The van der Waals surface area contributed by atoms with Gasteiger partial charge in [0.1, 0.15) is 0 Å². The van der Waals surface area contributed by atoms with Crippen molar-refractivity contribution in [2.24, 2.45) is 0 Å². The molecule has 2 rings (SSSR count). The van der Waals surface area contributed by atoms with Crippen LogP contribution in [0.1, 0.15) is 36.3 Å². The fraction of sp³-hybridized carbons (Fsp3) is 0.312. The Balaban J connectivity index is 2.27. The number of nitrogens with zero attached hydrogens (tertiary/aromatic N) is 2. The largest absolute Gasteiger partial charge is 0.377 e. The number of aryl methyl sites for hydroxylation is 2. The molecule has 1 N–H and O–H groups in total. The van der Waals surface area contributed by atoms with Gasteiger partial charge in [0.15, 0.2) is 0 Å². The van der Waals surface area contributed by atoms with Gasteiger partial charge in [-0.2, -0.15) is 0 Å². The number of nitro groups is 1. The Kier molecular flexibility index (Phi) is 4.52. The van der Waals surface area contributed by atoms with Gasteiger partial charge in [0, 0.05) is 17.8 Å². The van der Waals surface area contributed by atoms with Crippen LogP contribution in [0, 0.1) is 24.0 Å². The van der Waals surface area contributed by atoms with Gasteiger partial charge in [-0.05, 0) is 38.0 Å². The first-order valence-corrected chi connectivity index (χ1v) is 6.96. The first-order chi connectivity index (χ1) is 10.0. The van der Waals surface area contributed by atoms with Gasteiger partial charge in [-0.1, -0.05) is 19.1 Å². The fourth-order valence-corrected chi connectivity index (χ4v) is 2.30. The van der Waals surface area contributed by atoms with Crippen molar-refractivity contribution < 1.29 is 4.92 Å². The number of hydrogen-bond donors (Lipinski definition) is 1. The van der Waals surface area contributed by atoms with E-state index in [9.17, 15) is 10.1 Å². The highest BCUT2D eigenvalue weighted by Gasteiger charge is 2.14. The Labute approximate surface area is 124 Å². The predicted molar refractivity (Wildman–Crippen MR) is 83.5 cm³/mol. The number of rotatable bonds is 5. The van der Waals surface area contributed by atoms with Crippen LogP contribution < -0.4 is 5.32 Å². The summed E-state index contributed by atoms with van der Waals surface area (Å²) in [4.78, 5) is 15.0. The van der Waals surface area contributed by atoms with E-state index < -0.39 is 0 Å². The summed E-state index contributed by atoms with van der Waals surface area (Å²) in [5, 5.41) is 14.3. The van der Waals surface area contributed by atoms with Crippen molar-refractivity contribution in [2.45, 2.75) is 33.2 Å². The van der Waals surface area contributed by atoms with Crippen LogP contribution in [0.25, 0.3) is 0 Å². The molecule has 0 spiro atoms. The Morgan fingerprint density at radius 1 is 1.29 bits per heavy atom. The molecule has 0 fully saturated rings. The smallest absolute Gasteiger partial charge is 0.269 e. The van der Waals surface area contributed by atoms with Crippen molar-refractivity contribution in [3.63, 3.8) is 0 Å². The SMILES string of the molecule is CCC(Nc1ccc(C)nc1C)c1cccc([N+](=O)[O-])c1. The molecular formula is C16H19N3O2. The number of nitrogens with one attached hydrogen (secondary N) is 1. The third kappa shape index (κ3) is 3.56. The maximum absolute atomic E-state index is 10.9. The van der Waals surface area contributed by atoms with Gasteiger partial charge in [0.05, 0.1) is 22.3 Å². The predicted octanol–water partition coefficient (Wildman–Crippen LogP) is 4.17. The number of pyridine rings is 1. The van der Waals surface area contributed by atoms with E-state index in [1.54, 1.807) is 12.1 Å². The van der Waals surface area contributed by atoms with Crippen molar-refractivity contribution in [2.75, 3.05) is 5.32 Å². The number of aromatic nitrogens is 1. The van der Waals surface area contributed by atoms with E-state index >= 15 is 0 Å². The van der Waals surface area contributed by atoms with Crippen molar-refractivity contribution in [1.82, 2.24) is 4.98 Å². The fourth-order valence-electron chi connectivity index (χ4n) is 2.30. The molecule has 0 aliphatic carbocycles. The van der Waals surface area contributed by atoms with E-state index in [4.69, 9.17) is 0 Å². The second-order valence-corrected chi connectivity index (χ2v) is 5.04. The van der Waals surface area contributed by atoms with Crippen LogP contribution >= 0.6 is 0 Å². The zero-order valence-corrected chi connectivity index (χ0v) is 12.5. The van der Waals surface area contributed by atoms with Crippen molar-refractivity contribution in [3.8, 4) is 0 Å². The molecule has 0 aliphatic rings. The Hall–Kier alpha value is -2.43. The molecular weight excluding hydrogens is 266 g/mol. The van der Waals surface area contributed by atoms with E-state index in [1.807, 2.05) is 39.0 Å². The molecule has 0 bridgehead atoms. The summed E-state index contributed by atoms with van der Waals surface area (Å²) in [6.45, 7) is 5.96. The lowest BCUT2D eigenvalue weighted by Crippen LogP contribution is -2.11. The number of benzene rings is 1. The highest BCUT2D eigenvalue weighted by molar-refractivity contribution is 5.50. The molecule has 0 amide bonds. The maximum Gasteiger partial charge on any atom is 0.269 e. The highest BCUT2D eigenvalue weighted by Crippen LogP contribution is 2.26. The maximum atomic E-state index is 10.9. The number of hydrogen-bond acceptors (Lipinski definition) is 4. The van der Waals surface area contributed by atoms with Crippen LogP contribution in [0.15, 0.2) is 36.4 Å². The standard InChI is InChI=1S/C16H19N3O2/c1-4-15(13-6-5-7-14(10-13)19(20)21)18-16-9-8-11(2)17-12(16)3/h5-10,15,18H,4H2,1-3H3. The minimum absolute atomic E-state index is 0.0214. The molecule has 5 nitrogen and oxygen atoms in total. The van der Waals surface area contributed by atoms with Crippen LogP contribution in [0.2, 0.25) is 0 Å². The minimum atomic E-state index is -0.366. The molecule has 1 aromatic carbocycles. The van der Waals surface area contributed by atoms with Crippen LogP contribution in [0.5, 0.6) is 0 Å². The summed E-state index contributed by atoms with van der Waals surface area (Å²) in [7, 11) is 0. The summed E-state index contributed by atoms with van der Waals surface area (Å²) in [5.41, 5.74) is 3.89. The normalized spacial score (nSPS) is 12.0. The average Bonchev–Trinajstić information content (AvgIpc) is 2.46. The summed E-state index contributed by atoms with van der Waals surface area (Å²) in [6.07, 6.45) is 0.828. The average molecular weight is 285 g/mol. The zero-order valence-electron chi connectivity index (χ0n) is 12.5. The highest BCUT2D eigenvalue weighted by atomic mass is 16.6. The van der Waals surface area contributed by atoms with Crippen molar-refractivity contribution >= 4 is 11.4 Å². The van der Waals surface area contributed by atoms with Crippen molar-refractivity contribution in [3.05, 3.63) is 63.5 Å². The molecule has 1 atom stereocenters. The van der Waals surface area contributed by atoms with E-state index in [1.165, 1.54) is 6.07 Å². The topological polar surface area (TPSA) is 68.1 Å². The molecule has 110 valence electrons. The third-order valence-electron chi connectivity index (χ3n) is 3.45. The lowest BCUT2D eigenvalue weighted by molar-refractivity contribution is -0.384. The van der Waals surface area contributed by atoms with Gasteiger partial charge in [0.2, 0.25) is 0 Å². The molecule has 21 heavy (non-hydrogen) atoms. The van der Waals surface area contributed by atoms with Gasteiger partial charge in [-0.15, -0.1) is 0 Å².